The summed E-state index contributed by atoms with van der Waals surface area (Å²) in [7, 11) is 0. The third-order valence-electron chi connectivity index (χ3n) is 2.97. The molecule has 0 unspecified atom stereocenters. The van der Waals surface area contributed by atoms with E-state index in [0.717, 1.165) is 11.3 Å². The van der Waals surface area contributed by atoms with Gasteiger partial charge < -0.3 is 11.1 Å². The average molecular weight is 289 g/mol. The number of nitrogens with one attached hydrogen (secondary N) is 1. The minimum Gasteiger partial charge on any atom is -0.318 e. The molecule has 1 aromatic heterocycles. The van der Waals surface area contributed by atoms with Gasteiger partial charge in [0.2, 0.25) is 5.91 Å². The Labute approximate surface area is 123 Å². The minimum atomic E-state index is -0.911. The van der Waals surface area contributed by atoms with Crippen LogP contribution in [0, 0.1) is 13.8 Å². The zero-order valence-electron chi connectivity index (χ0n) is 12.2. The van der Waals surface area contributed by atoms with Crippen LogP contribution >= 0.6 is 11.3 Å². The van der Waals surface area contributed by atoms with Crippen LogP contribution < -0.4 is 11.1 Å². The van der Waals surface area contributed by atoms with Gasteiger partial charge in [-0.05, 0) is 33.3 Å². The third kappa shape index (κ3) is 3.23. The molecule has 1 heterocycles. The number of thiazole rings is 1. The lowest BCUT2D eigenvalue weighted by atomic mass is 10.0. The van der Waals surface area contributed by atoms with E-state index in [1.54, 1.807) is 13.8 Å². The molecular formula is C15H19N3OS. The molecular weight excluding hydrogens is 270 g/mol. The fourth-order valence-corrected chi connectivity index (χ4v) is 2.52. The molecule has 5 heteroatoms. The molecule has 0 saturated carbocycles. The summed E-state index contributed by atoms with van der Waals surface area (Å²) in [6, 6.07) is 6.23. The molecule has 0 aliphatic heterocycles. The van der Waals surface area contributed by atoms with Gasteiger partial charge in [-0.15, -0.1) is 11.3 Å². The maximum Gasteiger partial charge on any atom is 0.245 e. The highest BCUT2D eigenvalue weighted by molar-refractivity contribution is 7.14. The van der Waals surface area contributed by atoms with Gasteiger partial charge in [0.1, 0.15) is 0 Å². The van der Waals surface area contributed by atoms with Gasteiger partial charge in [0.15, 0.2) is 5.13 Å². The highest BCUT2D eigenvalue weighted by Crippen LogP contribution is 2.28. The monoisotopic (exact) mass is 289 g/mol. The fourth-order valence-electron chi connectivity index (χ4n) is 1.81. The Kier molecular flexibility index (Phi) is 3.92. The average Bonchev–Trinajstić information content (AvgIpc) is 2.76. The van der Waals surface area contributed by atoms with E-state index < -0.39 is 5.54 Å². The van der Waals surface area contributed by atoms with Crippen molar-refractivity contribution in [3.05, 3.63) is 34.7 Å². The molecule has 3 N–H and O–H groups in total. The summed E-state index contributed by atoms with van der Waals surface area (Å²) < 4.78 is 0. The molecule has 0 radical (unpaired) electrons. The zero-order chi connectivity index (χ0) is 14.9. The summed E-state index contributed by atoms with van der Waals surface area (Å²) in [5, 5.41) is 5.26. The minimum absolute atomic E-state index is 0.237. The summed E-state index contributed by atoms with van der Waals surface area (Å²) in [6.45, 7) is 7.46. The SMILES string of the molecule is Cc1ccc(-c2csc(NC(=O)C(C)(C)N)n2)c(C)c1. The van der Waals surface area contributed by atoms with Crippen molar-refractivity contribution in [2.24, 2.45) is 5.73 Å². The molecule has 106 valence electrons. The summed E-state index contributed by atoms with van der Waals surface area (Å²) in [6.07, 6.45) is 0. The highest BCUT2D eigenvalue weighted by Gasteiger charge is 2.22. The van der Waals surface area contributed by atoms with Crippen LogP contribution in [-0.4, -0.2) is 16.4 Å². The number of rotatable bonds is 3. The number of hydrogen-bond donors (Lipinski definition) is 2. The van der Waals surface area contributed by atoms with Crippen LogP contribution in [0.25, 0.3) is 11.3 Å². The van der Waals surface area contributed by atoms with E-state index >= 15 is 0 Å². The third-order valence-corrected chi connectivity index (χ3v) is 3.73. The number of aryl methyl sites for hydroxylation is 2. The molecule has 0 bridgehead atoms. The van der Waals surface area contributed by atoms with E-state index in [4.69, 9.17) is 5.73 Å². The van der Waals surface area contributed by atoms with E-state index in [-0.39, 0.29) is 5.91 Å². The van der Waals surface area contributed by atoms with E-state index in [9.17, 15) is 4.79 Å². The lowest BCUT2D eigenvalue weighted by Gasteiger charge is -2.16. The molecule has 0 spiro atoms. The number of hydrogen-bond acceptors (Lipinski definition) is 4. The van der Waals surface area contributed by atoms with Crippen molar-refractivity contribution in [1.29, 1.82) is 0 Å². The van der Waals surface area contributed by atoms with E-state index in [1.165, 1.54) is 22.5 Å². The maximum atomic E-state index is 11.8. The molecule has 20 heavy (non-hydrogen) atoms. The molecule has 0 saturated heterocycles. The number of anilines is 1. The molecule has 4 nitrogen and oxygen atoms in total. The van der Waals surface area contributed by atoms with Crippen LogP contribution in [-0.2, 0) is 4.79 Å². The Morgan fingerprint density at radius 1 is 1.35 bits per heavy atom. The zero-order valence-corrected chi connectivity index (χ0v) is 13.0. The van der Waals surface area contributed by atoms with Crippen LogP contribution in [0.4, 0.5) is 5.13 Å². The predicted molar refractivity (Wildman–Crippen MR) is 83.9 cm³/mol. The van der Waals surface area contributed by atoms with E-state index in [1.807, 2.05) is 5.38 Å². The second-order valence-electron chi connectivity index (χ2n) is 5.53. The molecule has 2 rings (SSSR count). The van der Waals surface area contributed by atoms with Crippen molar-refractivity contribution in [2.75, 3.05) is 5.32 Å². The first-order chi connectivity index (χ1) is 9.27. The summed E-state index contributed by atoms with van der Waals surface area (Å²) in [4.78, 5) is 16.3. The van der Waals surface area contributed by atoms with Crippen molar-refractivity contribution in [2.45, 2.75) is 33.2 Å². The molecule has 0 atom stereocenters. The highest BCUT2D eigenvalue weighted by atomic mass is 32.1. The van der Waals surface area contributed by atoms with Crippen molar-refractivity contribution < 1.29 is 4.79 Å². The Morgan fingerprint density at radius 2 is 2.05 bits per heavy atom. The smallest absolute Gasteiger partial charge is 0.245 e. The number of amides is 1. The van der Waals surface area contributed by atoms with Crippen LogP contribution in [0.15, 0.2) is 23.6 Å². The summed E-state index contributed by atoms with van der Waals surface area (Å²) in [5.74, 6) is -0.237. The second kappa shape index (κ2) is 5.34. The van der Waals surface area contributed by atoms with Gasteiger partial charge in [-0.25, -0.2) is 4.98 Å². The number of nitrogens with two attached hydrogens (primary N) is 1. The number of carbonyl (C=O) groups is 1. The van der Waals surface area contributed by atoms with Gasteiger partial charge in [-0.2, -0.15) is 0 Å². The van der Waals surface area contributed by atoms with Gasteiger partial charge in [-0.3, -0.25) is 4.79 Å². The van der Waals surface area contributed by atoms with Crippen LogP contribution in [0.2, 0.25) is 0 Å². The number of carbonyl (C=O) groups excluding carboxylic acids is 1. The van der Waals surface area contributed by atoms with Crippen molar-refractivity contribution >= 4 is 22.4 Å². The number of aromatic nitrogens is 1. The Morgan fingerprint density at radius 3 is 2.65 bits per heavy atom. The van der Waals surface area contributed by atoms with Crippen molar-refractivity contribution in [3.63, 3.8) is 0 Å². The van der Waals surface area contributed by atoms with Crippen molar-refractivity contribution in [3.8, 4) is 11.3 Å². The molecule has 2 aromatic rings. The van der Waals surface area contributed by atoms with Crippen LogP contribution in [0.3, 0.4) is 0 Å². The Hall–Kier alpha value is -1.72. The summed E-state index contributed by atoms with van der Waals surface area (Å²) in [5.41, 5.74) is 9.19. The maximum absolute atomic E-state index is 11.8. The van der Waals surface area contributed by atoms with Crippen molar-refractivity contribution in [1.82, 2.24) is 4.98 Å². The topological polar surface area (TPSA) is 68.0 Å². The molecule has 1 amide bonds. The van der Waals surface area contributed by atoms with Gasteiger partial charge in [0.05, 0.1) is 11.2 Å². The van der Waals surface area contributed by atoms with Gasteiger partial charge in [0.25, 0.3) is 0 Å². The first-order valence-corrected chi connectivity index (χ1v) is 7.29. The molecule has 0 fully saturated rings. The largest absolute Gasteiger partial charge is 0.318 e. The normalized spacial score (nSPS) is 11.4. The van der Waals surface area contributed by atoms with Crippen LogP contribution in [0.5, 0.6) is 0 Å². The lowest BCUT2D eigenvalue weighted by molar-refractivity contribution is -0.120. The predicted octanol–water partition coefficient (Wildman–Crippen LogP) is 3.10. The van der Waals surface area contributed by atoms with Gasteiger partial charge >= 0.3 is 0 Å². The van der Waals surface area contributed by atoms with E-state index in [2.05, 4.69) is 42.3 Å². The first kappa shape index (κ1) is 14.7. The standard InChI is InChI=1S/C15H19N3OS/c1-9-5-6-11(10(2)7-9)12-8-20-14(17-12)18-13(19)15(3,4)16/h5-8H,16H2,1-4H3,(H,17,18,19). The first-order valence-electron chi connectivity index (χ1n) is 6.41. The van der Waals surface area contributed by atoms with Crippen LogP contribution in [0.1, 0.15) is 25.0 Å². The Balaban J connectivity index is 2.23. The number of nitrogens with zero attached hydrogens (tertiary/aromatic N) is 1. The van der Waals surface area contributed by atoms with E-state index in [0.29, 0.717) is 5.13 Å². The molecule has 1 aromatic carbocycles. The summed E-state index contributed by atoms with van der Waals surface area (Å²) >= 11 is 1.40. The van der Waals surface area contributed by atoms with Gasteiger partial charge in [0, 0.05) is 10.9 Å². The lowest BCUT2D eigenvalue weighted by Crippen LogP contribution is -2.45. The molecule has 0 aliphatic carbocycles. The number of benzene rings is 1. The second-order valence-corrected chi connectivity index (χ2v) is 6.39. The fraction of sp³-hybridized carbons (Fsp3) is 0.333. The molecule has 0 aliphatic rings. The quantitative estimate of drug-likeness (QED) is 0.912. The Bertz CT molecular complexity index is 641. The van der Waals surface area contributed by atoms with Gasteiger partial charge in [-0.1, -0.05) is 23.8 Å².